The molecule has 1 N–H and O–H groups in total. The second kappa shape index (κ2) is 6.97. The van der Waals surface area contributed by atoms with Gasteiger partial charge in [0.15, 0.2) is 0 Å². The summed E-state index contributed by atoms with van der Waals surface area (Å²) in [5.41, 5.74) is 0.339. The number of nitrogens with zero attached hydrogens (tertiary/aromatic N) is 1. The summed E-state index contributed by atoms with van der Waals surface area (Å²) in [7, 11) is -3.71. The summed E-state index contributed by atoms with van der Waals surface area (Å²) >= 11 is 0. The van der Waals surface area contributed by atoms with Crippen LogP contribution in [0.1, 0.15) is 19.8 Å². The van der Waals surface area contributed by atoms with Crippen molar-refractivity contribution in [1.29, 1.82) is 0 Å². The summed E-state index contributed by atoms with van der Waals surface area (Å²) in [6.45, 7) is 2.52. The third kappa shape index (κ3) is 3.59. The van der Waals surface area contributed by atoms with Crippen LogP contribution in [-0.2, 0) is 19.6 Å². The molecular weight excluding hydrogens is 344 g/mol. The zero-order chi connectivity index (χ0) is 18.0. The van der Waals surface area contributed by atoms with Crippen molar-refractivity contribution in [3.63, 3.8) is 0 Å². The maximum Gasteiger partial charge on any atom is 0.310 e. The highest BCUT2D eigenvalue weighted by Gasteiger charge is 2.34. The maximum atomic E-state index is 12.9. The second-order valence-corrected chi connectivity index (χ2v) is 7.96. The van der Waals surface area contributed by atoms with Crippen LogP contribution in [0, 0.1) is 5.92 Å². The number of nitrogens with one attached hydrogen (secondary N) is 1. The lowest BCUT2D eigenvalue weighted by atomic mass is 10.0. The number of piperidine rings is 1. The molecule has 1 atom stereocenters. The molecule has 25 heavy (non-hydrogen) atoms. The van der Waals surface area contributed by atoms with Gasteiger partial charge in [-0.2, -0.15) is 4.31 Å². The number of pyridine rings is 1. The SMILES string of the molecule is CCOC(=O)[C@H]1CCCN(S(=O)(=O)c2ccc3[nH]c(=O)ccc3c2)C1. The number of carbonyl (C=O) groups excluding carboxylic acids is 1. The van der Waals surface area contributed by atoms with Crippen LogP contribution >= 0.6 is 0 Å². The van der Waals surface area contributed by atoms with Crippen molar-refractivity contribution in [2.24, 2.45) is 5.92 Å². The van der Waals surface area contributed by atoms with Gasteiger partial charge in [-0.25, -0.2) is 8.42 Å². The van der Waals surface area contributed by atoms with Crippen molar-refractivity contribution in [2.75, 3.05) is 19.7 Å². The molecule has 7 nitrogen and oxygen atoms in total. The summed E-state index contributed by atoms with van der Waals surface area (Å²) < 4.78 is 32.2. The number of fused-ring (bicyclic) bond motifs is 1. The number of benzene rings is 1. The van der Waals surface area contributed by atoms with Gasteiger partial charge in [0, 0.05) is 24.7 Å². The Morgan fingerprint density at radius 1 is 1.32 bits per heavy atom. The third-order valence-corrected chi connectivity index (χ3v) is 6.20. The lowest BCUT2D eigenvalue weighted by Crippen LogP contribution is -2.42. The summed E-state index contributed by atoms with van der Waals surface area (Å²) in [6, 6.07) is 7.54. The van der Waals surface area contributed by atoms with E-state index in [9.17, 15) is 18.0 Å². The zero-order valence-corrected chi connectivity index (χ0v) is 14.7. The summed E-state index contributed by atoms with van der Waals surface area (Å²) in [4.78, 5) is 26.1. The lowest BCUT2D eigenvalue weighted by Gasteiger charge is -2.30. The average molecular weight is 364 g/mol. The Morgan fingerprint density at radius 3 is 2.88 bits per heavy atom. The highest BCUT2D eigenvalue weighted by Crippen LogP contribution is 2.26. The largest absolute Gasteiger partial charge is 0.466 e. The quantitative estimate of drug-likeness (QED) is 0.829. The smallest absolute Gasteiger partial charge is 0.310 e. The Morgan fingerprint density at radius 2 is 2.12 bits per heavy atom. The van der Waals surface area contributed by atoms with E-state index < -0.39 is 15.9 Å². The zero-order valence-electron chi connectivity index (χ0n) is 13.9. The van der Waals surface area contributed by atoms with E-state index in [0.717, 1.165) is 0 Å². The van der Waals surface area contributed by atoms with E-state index in [1.807, 2.05) is 0 Å². The summed E-state index contributed by atoms with van der Waals surface area (Å²) in [5, 5.41) is 0.639. The monoisotopic (exact) mass is 364 g/mol. The van der Waals surface area contributed by atoms with Crippen LogP contribution in [-0.4, -0.2) is 43.4 Å². The van der Waals surface area contributed by atoms with Crippen molar-refractivity contribution in [2.45, 2.75) is 24.7 Å². The molecule has 1 saturated heterocycles. The molecule has 8 heteroatoms. The molecule has 2 aromatic rings. The molecule has 0 saturated carbocycles. The minimum atomic E-state index is -3.71. The van der Waals surface area contributed by atoms with Crippen molar-refractivity contribution < 1.29 is 17.9 Å². The van der Waals surface area contributed by atoms with Crippen LogP contribution in [0.15, 0.2) is 40.0 Å². The van der Waals surface area contributed by atoms with Crippen molar-refractivity contribution >= 4 is 26.9 Å². The molecule has 3 rings (SSSR count). The van der Waals surface area contributed by atoms with Crippen LogP contribution in [0.5, 0.6) is 0 Å². The molecule has 2 heterocycles. The predicted molar refractivity (Wildman–Crippen MR) is 92.7 cm³/mol. The van der Waals surface area contributed by atoms with Crippen molar-refractivity contribution in [1.82, 2.24) is 9.29 Å². The molecule has 134 valence electrons. The van der Waals surface area contributed by atoms with Crippen LogP contribution in [0.2, 0.25) is 0 Å². The van der Waals surface area contributed by atoms with E-state index in [-0.39, 0.29) is 29.6 Å². The van der Waals surface area contributed by atoms with E-state index in [2.05, 4.69) is 4.98 Å². The normalized spacial score (nSPS) is 19.0. The van der Waals surface area contributed by atoms with Crippen LogP contribution < -0.4 is 5.56 Å². The number of hydrogen-bond donors (Lipinski definition) is 1. The first-order valence-corrected chi connectivity index (χ1v) is 9.65. The molecule has 0 amide bonds. The molecular formula is C17H20N2O5S. The van der Waals surface area contributed by atoms with Crippen molar-refractivity contribution in [3.05, 3.63) is 40.7 Å². The second-order valence-electron chi connectivity index (χ2n) is 6.03. The van der Waals surface area contributed by atoms with Gasteiger partial charge < -0.3 is 9.72 Å². The van der Waals surface area contributed by atoms with E-state index >= 15 is 0 Å². The number of rotatable bonds is 4. The topological polar surface area (TPSA) is 96.5 Å². The Labute approximate surface area is 145 Å². The van der Waals surface area contributed by atoms with Gasteiger partial charge in [0.2, 0.25) is 15.6 Å². The number of carbonyl (C=O) groups is 1. The van der Waals surface area contributed by atoms with Gasteiger partial charge in [0.1, 0.15) is 0 Å². The molecule has 0 spiro atoms. The maximum absolute atomic E-state index is 12.9. The highest BCUT2D eigenvalue weighted by atomic mass is 32.2. The molecule has 0 unspecified atom stereocenters. The van der Waals surface area contributed by atoms with E-state index in [1.54, 1.807) is 19.1 Å². The molecule has 1 aromatic heterocycles. The molecule has 0 aliphatic carbocycles. The highest BCUT2D eigenvalue weighted by molar-refractivity contribution is 7.89. The molecule has 1 aliphatic rings. The van der Waals surface area contributed by atoms with E-state index in [1.165, 1.54) is 22.5 Å². The minimum absolute atomic E-state index is 0.130. The molecule has 1 aliphatic heterocycles. The number of sulfonamides is 1. The standard InChI is InChI=1S/C17H20N2O5S/c1-2-24-17(21)13-4-3-9-19(11-13)25(22,23)14-6-7-15-12(10-14)5-8-16(20)18-15/h5-8,10,13H,2-4,9,11H2,1H3,(H,18,20)/t13-/m0/s1. The fourth-order valence-electron chi connectivity index (χ4n) is 3.06. The van der Waals surface area contributed by atoms with E-state index in [4.69, 9.17) is 4.74 Å². The number of ether oxygens (including phenoxy) is 1. The van der Waals surface area contributed by atoms with Crippen LogP contribution in [0.4, 0.5) is 0 Å². The van der Waals surface area contributed by atoms with Gasteiger partial charge in [-0.15, -0.1) is 0 Å². The van der Waals surface area contributed by atoms with Gasteiger partial charge in [-0.1, -0.05) is 0 Å². The fraction of sp³-hybridized carbons (Fsp3) is 0.412. The number of esters is 1. The van der Waals surface area contributed by atoms with Crippen LogP contribution in [0.25, 0.3) is 10.9 Å². The summed E-state index contributed by atoms with van der Waals surface area (Å²) in [5.74, 6) is -0.779. The minimum Gasteiger partial charge on any atom is -0.466 e. The van der Waals surface area contributed by atoms with Gasteiger partial charge >= 0.3 is 5.97 Å². The third-order valence-electron chi connectivity index (χ3n) is 4.34. The van der Waals surface area contributed by atoms with Gasteiger partial charge in [0.25, 0.3) is 0 Å². The fourth-order valence-corrected chi connectivity index (χ4v) is 4.61. The summed E-state index contributed by atoms with van der Waals surface area (Å²) in [6.07, 6.45) is 1.24. The van der Waals surface area contributed by atoms with Gasteiger partial charge in [-0.05, 0) is 49.4 Å². The molecule has 1 fully saturated rings. The predicted octanol–water partition coefficient (Wildman–Crippen LogP) is 1.49. The molecule has 1 aromatic carbocycles. The van der Waals surface area contributed by atoms with E-state index in [0.29, 0.717) is 30.3 Å². The lowest BCUT2D eigenvalue weighted by molar-refractivity contribution is -0.149. The number of aromatic amines is 1. The Hall–Kier alpha value is -2.19. The Kier molecular flexibility index (Phi) is 4.91. The number of hydrogen-bond acceptors (Lipinski definition) is 5. The van der Waals surface area contributed by atoms with Crippen molar-refractivity contribution in [3.8, 4) is 0 Å². The average Bonchev–Trinajstić information content (AvgIpc) is 2.61. The van der Waals surface area contributed by atoms with Crippen LogP contribution in [0.3, 0.4) is 0 Å². The van der Waals surface area contributed by atoms with Gasteiger partial charge in [0.05, 0.1) is 17.4 Å². The number of H-pyrrole nitrogens is 1. The Balaban J connectivity index is 1.89. The number of aromatic nitrogens is 1. The first-order chi connectivity index (χ1) is 11.9. The first-order valence-electron chi connectivity index (χ1n) is 8.21. The molecule has 0 bridgehead atoms. The Bertz CT molecular complexity index is 951. The first kappa shape index (κ1) is 17.6. The van der Waals surface area contributed by atoms with Gasteiger partial charge in [-0.3, -0.25) is 9.59 Å². The molecule has 0 radical (unpaired) electrons.